The molecule has 19 heavy (non-hydrogen) atoms. The molecule has 2 aliphatic rings. The third-order valence-corrected chi connectivity index (χ3v) is 3.15. The minimum Gasteiger partial charge on any atom is -0.467 e. The Balaban J connectivity index is 2.23. The van der Waals surface area contributed by atoms with E-state index in [1.54, 1.807) is 6.92 Å². The zero-order chi connectivity index (χ0) is 14.0. The van der Waals surface area contributed by atoms with E-state index >= 15 is 0 Å². The summed E-state index contributed by atoms with van der Waals surface area (Å²) in [5, 5.41) is 13.6. The highest BCUT2D eigenvalue weighted by atomic mass is 16.7. The van der Waals surface area contributed by atoms with Gasteiger partial charge in [-0.25, -0.2) is 4.79 Å². The molecule has 106 valence electrons. The van der Waals surface area contributed by atoms with E-state index in [0.29, 0.717) is 0 Å². The fourth-order valence-electron chi connectivity index (χ4n) is 2.23. The van der Waals surface area contributed by atoms with Gasteiger partial charge in [0.1, 0.15) is 18.2 Å². The van der Waals surface area contributed by atoms with Gasteiger partial charge in [0.25, 0.3) is 0 Å². The smallest absolute Gasteiger partial charge is 0.335 e. The summed E-state index contributed by atoms with van der Waals surface area (Å²) in [6.07, 6.45) is -4.15. The van der Waals surface area contributed by atoms with E-state index in [1.807, 2.05) is 0 Å². The Morgan fingerprint density at radius 3 is 2.89 bits per heavy atom. The number of aliphatic hydroxyl groups is 1. The van der Waals surface area contributed by atoms with Crippen LogP contribution in [0.2, 0.25) is 0 Å². The first-order valence-electron chi connectivity index (χ1n) is 5.81. The van der Waals surface area contributed by atoms with E-state index in [4.69, 9.17) is 19.7 Å². The van der Waals surface area contributed by atoms with E-state index in [0.717, 1.165) is 0 Å². The second-order valence-electron chi connectivity index (χ2n) is 4.31. The maximum absolute atomic E-state index is 11.6. The number of ether oxygens (including phenoxy) is 4. The molecular formula is C10H15N3O6. The Bertz CT molecular complexity index is 399. The average molecular weight is 273 g/mol. The average Bonchev–Trinajstić information content (AvgIpc) is 2.41. The van der Waals surface area contributed by atoms with Crippen LogP contribution >= 0.6 is 0 Å². The van der Waals surface area contributed by atoms with Crippen LogP contribution in [0, 0.1) is 0 Å². The first-order valence-corrected chi connectivity index (χ1v) is 5.81. The Morgan fingerprint density at radius 2 is 2.26 bits per heavy atom. The lowest BCUT2D eigenvalue weighted by molar-refractivity contribution is -0.302. The van der Waals surface area contributed by atoms with Crippen molar-refractivity contribution in [2.45, 2.75) is 43.7 Å². The summed E-state index contributed by atoms with van der Waals surface area (Å²) in [5.41, 5.74) is 8.53. The molecule has 0 aliphatic carbocycles. The normalized spacial score (nSPS) is 41.8. The van der Waals surface area contributed by atoms with Gasteiger partial charge in [0.05, 0.1) is 19.8 Å². The molecule has 2 heterocycles. The fourth-order valence-corrected chi connectivity index (χ4v) is 2.23. The largest absolute Gasteiger partial charge is 0.467 e. The van der Waals surface area contributed by atoms with Crippen LogP contribution in [-0.4, -0.2) is 61.5 Å². The van der Waals surface area contributed by atoms with Crippen molar-refractivity contribution in [1.82, 2.24) is 0 Å². The van der Waals surface area contributed by atoms with Gasteiger partial charge >= 0.3 is 5.97 Å². The van der Waals surface area contributed by atoms with Gasteiger partial charge in [0.15, 0.2) is 12.4 Å². The second-order valence-corrected chi connectivity index (χ2v) is 4.31. The van der Waals surface area contributed by atoms with Gasteiger partial charge in [-0.05, 0) is 12.5 Å². The molecule has 0 spiro atoms. The molecule has 0 aromatic heterocycles. The molecule has 9 nitrogen and oxygen atoms in total. The van der Waals surface area contributed by atoms with Gasteiger partial charge in [-0.2, -0.15) is 0 Å². The van der Waals surface area contributed by atoms with E-state index in [9.17, 15) is 9.90 Å². The molecule has 2 rings (SSSR count). The minimum absolute atomic E-state index is 0.180. The van der Waals surface area contributed by atoms with Crippen LogP contribution in [0.25, 0.3) is 10.4 Å². The Morgan fingerprint density at radius 1 is 1.53 bits per heavy atom. The molecule has 0 aromatic rings. The summed E-state index contributed by atoms with van der Waals surface area (Å²) in [6, 6.07) is -1.09. The van der Waals surface area contributed by atoms with Crippen molar-refractivity contribution >= 4 is 5.97 Å². The van der Waals surface area contributed by atoms with E-state index in [1.165, 1.54) is 7.11 Å². The standard InChI is InChI=1S/C10H15N3O6/c1-4-17-3-5-8(18-4)7(14)6(12-13-11)9(19-5)10(15)16-2/h4-9,14H,3H2,1-2H3/t4?,5?,6?,7-,8-,9+/m1/s1. The van der Waals surface area contributed by atoms with Crippen molar-refractivity contribution in [2.75, 3.05) is 13.7 Å². The summed E-state index contributed by atoms with van der Waals surface area (Å²) in [4.78, 5) is 14.2. The SMILES string of the molecule is COC(=O)[C@H]1OC2COC(C)O[C@H]2[C@H](O)C1N=[N+]=[N-]. The Labute approximate surface area is 109 Å². The molecule has 0 amide bonds. The zero-order valence-corrected chi connectivity index (χ0v) is 10.5. The summed E-state index contributed by atoms with van der Waals surface area (Å²) >= 11 is 0. The van der Waals surface area contributed by atoms with Gasteiger partial charge < -0.3 is 24.1 Å². The van der Waals surface area contributed by atoms with Crippen molar-refractivity contribution in [3.8, 4) is 0 Å². The lowest BCUT2D eigenvalue weighted by atomic mass is 9.92. The number of methoxy groups -OCH3 is 1. The predicted octanol–water partition coefficient (Wildman–Crippen LogP) is -0.272. The third-order valence-electron chi connectivity index (χ3n) is 3.15. The highest BCUT2D eigenvalue weighted by Crippen LogP contribution is 2.30. The summed E-state index contributed by atoms with van der Waals surface area (Å²) in [5.74, 6) is -0.714. The highest BCUT2D eigenvalue weighted by Gasteiger charge is 2.50. The number of hydrogen-bond donors (Lipinski definition) is 1. The van der Waals surface area contributed by atoms with Crippen LogP contribution in [0.5, 0.6) is 0 Å². The molecule has 9 heteroatoms. The number of azide groups is 1. The molecular weight excluding hydrogens is 258 g/mol. The summed E-state index contributed by atoms with van der Waals surface area (Å²) in [6.45, 7) is 1.86. The van der Waals surface area contributed by atoms with Crippen molar-refractivity contribution in [2.24, 2.45) is 5.11 Å². The summed E-state index contributed by atoms with van der Waals surface area (Å²) in [7, 11) is 1.19. The molecule has 0 saturated carbocycles. The Hall–Kier alpha value is -1.38. The van der Waals surface area contributed by atoms with Gasteiger partial charge in [0.2, 0.25) is 0 Å². The number of carbonyl (C=O) groups is 1. The monoisotopic (exact) mass is 273 g/mol. The van der Waals surface area contributed by atoms with Gasteiger partial charge in [-0.3, -0.25) is 0 Å². The molecule has 1 N–H and O–H groups in total. The van der Waals surface area contributed by atoms with Crippen LogP contribution in [0.4, 0.5) is 0 Å². The second kappa shape index (κ2) is 5.72. The molecule has 2 fully saturated rings. The van der Waals surface area contributed by atoms with E-state index < -0.39 is 42.7 Å². The number of hydrogen-bond acceptors (Lipinski definition) is 7. The number of aliphatic hydroxyl groups excluding tert-OH is 1. The van der Waals surface area contributed by atoms with Crippen LogP contribution in [0.1, 0.15) is 6.92 Å². The van der Waals surface area contributed by atoms with Crippen molar-refractivity contribution in [3.63, 3.8) is 0 Å². The molecule has 0 aromatic carbocycles. The molecule has 0 radical (unpaired) electrons. The number of carbonyl (C=O) groups excluding carboxylic acids is 1. The number of rotatable bonds is 2. The van der Waals surface area contributed by atoms with Crippen molar-refractivity contribution in [3.05, 3.63) is 10.4 Å². The van der Waals surface area contributed by atoms with Gasteiger partial charge in [0, 0.05) is 4.91 Å². The van der Waals surface area contributed by atoms with Gasteiger partial charge in [-0.15, -0.1) is 0 Å². The maximum atomic E-state index is 11.6. The lowest BCUT2D eigenvalue weighted by Gasteiger charge is -2.45. The molecule has 0 bridgehead atoms. The first kappa shape index (κ1) is 14.0. The van der Waals surface area contributed by atoms with E-state index in [2.05, 4.69) is 14.8 Å². The first-order chi connectivity index (χ1) is 9.08. The predicted molar refractivity (Wildman–Crippen MR) is 59.9 cm³/mol. The number of fused-ring (bicyclic) bond motifs is 1. The quantitative estimate of drug-likeness (QED) is 0.319. The van der Waals surface area contributed by atoms with Crippen LogP contribution in [0.3, 0.4) is 0 Å². The lowest BCUT2D eigenvalue weighted by Crippen LogP contribution is -2.63. The zero-order valence-electron chi connectivity index (χ0n) is 10.5. The molecule has 6 atom stereocenters. The fraction of sp³-hybridized carbons (Fsp3) is 0.900. The molecule has 2 aliphatic heterocycles. The minimum atomic E-state index is -1.17. The number of esters is 1. The van der Waals surface area contributed by atoms with E-state index in [-0.39, 0.29) is 6.61 Å². The Kier molecular flexibility index (Phi) is 4.23. The third kappa shape index (κ3) is 2.65. The molecule has 3 unspecified atom stereocenters. The van der Waals surface area contributed by atoms with Crippen molar-refractivity contribution in [1.29, 1.82) is 0 Å². The van der Waals surface area contributed by atoms with Crippen LogP contribution in [-0.2, 0) is 23.7 Å². The highest BCUT2D eigenvalue weighted by molar-refractivity contribution is 5.76. The summed E-state index contributed by atoms with van der Waals surface area (Å²) < 4.78 is 20.7. The van der Waals surface area contributed by atoms with Crippen LogP contribution in [0.15, 0.2) is 5.11 Å². The topological polar surface area (TPSA) is 123 Å². The van der Waals surface area contributed by atoms with Crippen molar-refractivity contribution < 1.29 is 28.8 Å². The maximum Gasteiger partial charge on any atom is 0.335 e. The molecule has 2 saturated heterocycles. The van der Waals surface area contributed by atoms with Crippen LogP contribution < -0.4 is 0 Å². The van der Waals surface area contributed by atoms with Gasteiger partial charge in [-0.1, -0.05) is 5.11 Å². The number of nitrogens with zero attached hydrogens (tertiary/aromatic N) is 3.